The molecule has 0 N–H and O–H groups in total. The molecule has 20 heavy (non-hydrogen) atoms. The lowest BCUT2D eigenvalue weighted by molar-refractivity contribution is -0.197. The summed E-state index contributed by atoms with van der Waals surface area (Å²) in [7, 11) is 0. The maximum Gasteiger partial charge on any atom is 0.333 e. The van der Waals surface area contributed by atoms with Crippen LogP contribution in [0.1, 0.15) is 70.6 Å². The second kappa shape index (κ2) is 7.41. The number of hydrogen-bond acceptors (Lipinski definition) is 4. The predicted molar refractivity (Wildman–Crippen MR) is 72.2 cm³/mol. The predicted octanol–water partition coefficient (Wildman–Crippen LogP) is 2.73. The van der Waals surface area contributed by atoms with E-state index in [1.807, 2.05) is 0 Å². The van der Waals surface area contributed by atoms with Gasteiger partial charge in [0.25, 0.3) is 11.8 Å². The Hall–Kier alpha value is -1.39. The molecule has 1 saturated heterocycles. The molecule has 1 saturated carbocycles. The fourth-order valence-electron chi connectivity index (χ4n) is 2.98. The van der Waals surface area contributed by atoms with E-state index in [9.17, 15) is 14.4 Å². The molecule has 5 heteroatoms. The minimum atomic E-state index is -0.475. The Labute approximate surface area is 119 Å². The Balaban J connectivity index is 1.58. The van der Waals surface area contributed by atoms with Crippen molar-refractivity contribution in [3.63, 3.8) is 0 Å². The smallest absolute Gasteiger partial charge is 0.330 e. The Kier molecular flexibility index (Phi) is 5.56. The van der Waals surface area contributed by atoms with Crippen LogP contribution in [0.15, 0.2) is 0 Å². The van der Waals surface area contributed by atoms with Gasteiger partial charge < -0.3 is 4.84 Å². The zero-order valence-electron chi connectivity index (χ0n) is 11.9. The van der Waals surface area contributed by atoms with E-state index < -0.39 is 17.8 Å². The van der Waals surface area contributed by atoms with Crippen LogP contribution in [-0.4, -0.2) is 22.8 Å². The molecule has 2 rings (SSSR count). The highest BCUT2D eigenvalue weighted by Gasteiger charge is 2.32. The van der Waals surface area contributed by atoms with E-state index in [1.165, 1.54) is 38.5 Å². The summed E-state index contributed by atoms with van der Waals surface area (Å²) in [5.74, 6) is -0.477. The van der Waals surface area contributed by atoms with Crippen molar-refractivity contribution in [3.8, 4) is 0 Å². The molecule has 1 aliphatic carbocycles. The lowest BCUT2D eigenvalue weighted by Crippen LogP contribution is -2.31. The number of carbonyl (C=O) groups excluding carboxylic acids is 3. The SMILES string of the molecule is O=C(CCCCC1CCCCC1)ON1C(=O)CCC1=O. The van der Waals surface area contributed by atoms with Crippen LogP contribution in [0.4, 0.5) is 0 Å². The van der Waals surface area contributed by atoms with Crippen molar-refractivity contribution in [1.29, 1.82) is 0 Å². The van der Waals surface area contributed by atoms with Gasteiger partial charge in [0.1, 0.15) is 0 Å². The second-order valence-electron chi connectivity index (χ2n) is 5.79. The number of carbonyl (C=O) groups is 3. The van der Waals surface area contributed by atoms with Gasteiger partial charge in [-0.05, 0) is 12.3 Å². The number of rotatable bonds is 6. The third-order valence-electron chi connectivity index (χ3n) is 4.17. The Morgan fingerprint density at radius 3 is 2.35 bits per heavy atom. The standard InChI is InChI=1S/C15H23NO4/c17-13-10-11-14(18)16(13)20-15(19)9-5-4-8-12-6-2-1-3-7-12/h12H,1-11H2. The molecule has 0 aromatic heterocycles. The quantitative estimate of drug-likeness (QED) is 0.554. The van der Waals surface area contributed by atoms with Gasteiger partial charge in [0.15, 0.2) is 0 Å². The molecule has 0 bridgehead atoms. The van der Waals surface area contributed by atoms with E-state index in [-0.39, 0.29) is 19.3 Å². The fraction of sp³-hybridized carbons (Fsp3) is 0.800. The van der Waals surface area contributed by atoms with Crippen LogP contribution in [0.2, 0.25) is 0 Å². The lowest BCUT2D eigenvalue weighted by Gasteiger charge is -2.21. The van der Waals surface area contributed by atoms with Crippen LogP contribution in [-0.2, 0) is 19.2 Å². The number of hydrogen-bond donors (Lipinski definition) is 0. The molecule has 1 aliphatic heterocycles. The topological polar surface area (TPSA) is 63.7 Å². The summed E-state index contributed by atoms with van der Waals surface area (Å²) in [5.41, 5.74) is 0. The van der Waals surface area contributed by atoms with Crippen molar-refractivity contribution >= 4 is 17.8 Å². The average molecular weight is 281 g/mol. The molecule has 2 fully saturated rings. The van der Waals surface area contributed by atoms with E-state index in [1.54, 1.807) is 0 Å². The third kappa shape index (κ3) is 4.32. The van der Waals surface area contributed by atoms with E-state index in [0.29, 0.717) is 5.06 Å². The summed E-state index contributed by atoms with van der Waals surface area (Å²) < 4.78 is 0. The van der Waals surface area contributed by atoms with Gasteiger partial charge in [0.2, 0.25) is 0 Å². The molecule has 0 aromatic rings. The van der Waals surface area contributed by atoms with Crippen LogP contribution in [0.3, 0.4) is 0 Å². The van der Waals surface area contributed by atoms with Crippen LogP contribution in [0.5, 0.6) is 0 Å². The highest BCUT2D eigenvalue weighted by atomic mass is 16.7. The molecule has 0 spiro atoms. The summed E-state index contributed by atoms with van der Waals surface area (Å²) in [6.07, 6.45) is 10.2. The largest absolute Gasteiger partial charge is 0.333 e. The van der Waals surface area contributed by atoms with E-state index in [4.69, 9.17) is 4.84 Å². The number of unbranched alkanes of at least 4 members (excludes halogenated alkanes) is 1. The first-order valence-corrected chi connectivity index (χ1v) is 7.73. The first kappa shape index (κ1) is 15.0. The molecule has 0 aromatic carbocycles. The molecule has 0 unspecified atom stereocenters. The summed E-state index contributed by atoms with van der Waals surface area (Å²) in [6, 6.07) is 0. The molecular formula is C15H23NO4. The van der Waals surface area contributed by atoms with Crippen LogP contribution in [0.25, 0.3) is 0 Å². The van der Waals surface area contributed by atoms with Crippen molar-refractivity contribution < 1.29 is 19.2 Å². The van der Waals surface area contributed by atoms with Gasteiger partial charge in [-0.25, -0.2) is 4.79 Å². The van der Waals surface area contributed by atoms with Gasteiger partial charge in [-0.2, -0.15) is 0 Å². The first-order valence-electron chi connectivity index (χ1n) is 7.73. The number of amides is 2. The molecule has 1 heterocycles. The molecule has 0 radical (unpaired) electrons. The average Bonchev–Trinajstić information content (AvgIpc) is 2.77. The normalized spacial score (nSPS) is 20.5. The van der Waals surface area contributed by atoms with E-state index in [0.717, 1.165) is 18.8 Å². The first-order chi connectivity index (χ1) is 9.66. The Morgan fingerprint density at radius 1 is 1.05 bits per heavy atom. The zero-order chi connectivity index (χ0) is 14.4. The van der Waals surface area contributed by atoms with E-state index in [2.05, 4.69) is 0 Å². The minimum absolute atomic E-state index is 0.147. The fourth-order valence-corrected chi connectivity index (χ4v) is 2.98. The van der Waals surface area contributed by atoms with Crippen LogP contribution >= 0.6 is 0 Å². The van der Waals surface area contributed by atoms with Gasteiger partial charge in [-0.15, -0.1) is 5.06 Å². The van der Waals surface area contributed by atoms with Crippen molar-refractivity contribution in [2.75, 3.05) is 0 Å². The summed E-state index contributed by atoms with van der Waals surface area (Å²) in [5, 5.41) is 0.628. The Morgan fingerprint density at radius 2 is 1.70 bits per heavy atom. The molecule has 2 aliphatic rings. The highest BCUT2D eigenvalue weighted by molar-refractivity contribution is 6.01. The molecule has 2 amide bonds. The molecule has 5 nitrogen and oxygen atoms in total. The number of imide groups is 1. The molecule has 0 atom stereocenters. The maximum absolute atomic E-state index is 11.6. The monoisotopic (exact) mass is 281 g/mol. The third-order valence-corrected chi connectivity index (χ3v) is 4.17. The van der Waals surface area contributed by atoms with Crippen molar-refractivity contribution in [3.05, 3.63) is 0 Å². The van der Waals surface area contributed by atoms with E-state index >= 15 is 0 Å². The highest BCUT2D eigenvalue weighted by Crippen LogP contribution is 2.27. The van der Waals surface area contributed by atoms with Gasteiger partial charge in [-0.1, -0.05) is 44.9 Å². The molecule has 112 valence electrons. The molecular weight excluding hydrogens is 258 g/mol. The van der Waals surface area contributed by atoms with Gasteiger partial charge in [0.05, 0.1) is 0 Å². The Bertz CT molecular complexity index is 358. The summed E-state index contributed by atoms with van der Waals surface area (Å²) in [6.45, 7) is 0. The maximum atomic E-state index is 11.6. The minimum Gasteiger partial charge on any atom is -0.330 e. The van der Waals surface area contributed by atoms with Crippen LogP contribution in [0, 0.1) is 5.92 Å². The number of hydroxylamine groups is 2. The van der Waals surface area contributed by atoms with Crippen molar-refractivity contribution in [2.24, 2.45) is 5.92 Å². The lowest BCUT2D eigenvalue weighted by atomic mass is 9.86. The van der Waals surface area contributed by atoms with Crippen molar-refractivity contribution in [2.45, 2.75) is 70.6 Å². The zero-order valence-corrected chi connectivity index (χ0v) is 11.9. The van der Waals surface area contributed by atoms with Crippen molar-refractivity contribution in [1.82, 2.24) is 5.06 Å². The number of nitrogens with zero attached hydrogens (tertiary/aromatic N) is 1. The summed E-state index contributed by atoms with van der Waals surface area (Å²) in [4.78, 5) is 39.0. The second-order valence-corrected chi connectivity index (χ2v) is 5.79. The van der Waals surface area contributed by atoms with Gasteiger partial charge in [0, 0.05) is 19.3 Å². The van der Waals surface area contributed by atoms with Gasteiger partial charge in [-0.3, -0.25) is 9.59 Å². The summed E-state index contributed by atoms with van der Waals surface area (Å²) >= 11 is 0. The van der Waals surface area contributed by atoms with Gasteiger partial charge >= 0.3 is 5.97 Å². The van der Waals surface area contributed by atoms with Crippen LogP contribution < -0.4 is 0 Å².